The summed E-state index contributed by atoms with van der Waals surface area (Å²) in [6.45, 7) is 3.98. The van der Waals surface area contributed by atoms with Crippen LogP contribution >= 0.6 is 27.3 Å². The quantitative estimate of drug-likeness (QED) is 0.813. The lowest BCUT2D eigenvalue weighted by Gasteiger charge is -2.33. The molecular formula is C15H21BrN2O2S. The van der Waals surface area contributed by atoms with Crippen LogP contribution < -0.4 is 0 Å². The molecule has 0 aliphatic carbocycles. The Hall–Kier alpha value is -0.880. The summed E-state index contributed by atoms with van der Waals surface area (Å²) in [6, 6.07) is 3.64. The molecule has 2 heterocycles. The van der Waals surface area contributed by atoms with Crippen molar-refractivity contribution in [2.24, 2.45) is 5.92 Å². The summed E-state index contributed by atoms with van der Waals surface area (Å²) in [5.41, 5.74) is 0. The van der Waals surface area contributed by atoms with Crippen molar-refractivity contribution >= 4 is 39.1 Å². The normalized spacial score (nSPS) is 18.6. The molecule has 0 saturated carbocycles. The Morgan fingerprint density at radius 3 is 2.86 bits per heavy atom. The van der Waals surface area contributed by atoms with E-state index in [1.54, 1.807) is 13.1 Å². The van der Waals surface area contributed by atoms with Crippen LogP contribution in [-0.4, -0.2) is 48.3 Å². The standard InChI is InChI=1S/C15H21BrN2O2S/c1-3-11-5-4-8-18(9-11)14(19)10-17(2)15(20)12-6-7-13(16)21-12/h6-7,11H,3-5,8-10H2,1-2H3. The van der Waals surface area contributed by atoms with Crippen LogP contribution in [-0.2, 0) is 4.79 Å². The number of halogens is 1. The van der Waals surface area contributed by atoms with Crippen LogP contribution in [0.5, 0.6) is 0 Å². The van der Waals surface area contributed by atoms with E-state index in [4.69, 9.17) is 0 Å². The highest BCUT2D eigenvalue weighted by Crippen LogP contribution is 2.23. The number of hydrogen-bond acceptors (Lipinski definition) is 3. The third-order valence-corrected chi connectivity index (χ3v) is 5.56. The largest absolute Gasteiger partial charge is 0.341 e. The first-order valence-corrected chi connectivity index (χ1v) is 8.90. The predicted octanol–water partition coefficient (Wildman–Crippen LogP) is 3.23. The molecule has 116 valence electrons. The molecule has 1 aliphatic rings. The van der Waals surface area contributed by atoms with E-state index in [1.165, 1.54) is 22.7 Å². The lowest BCUT2D eigenvalue weighted by atomic mass is 9.95. The zero-order valence-electron chi connectivity index (χ0n) is 12.5. The molecule has 4 nitrogen and oxygen atoms in total. The number of amides is 2. The number of thiophene rings is 1. The van der Waals surface area contributed by atoms with Crippen molar-refractivity contribution in [2.75, 3.05) is 26.7 Å². The first-order valence-electron chi connectivity index (χ1n) is 7.29. The van der Waals surface area contributed by atoms with Gasteiger partial charge in [-0.1, -0.05) is 13.3 Å². The molecule has 2 amide bonds. The maximum absolute atomic E-state index is 12.3. The average molecular weight is 373 g/mol. The minimum atomic E-state index is -0.0944. The van der Waals surface area contributed by atoms with E-state index in [-0.39, 0.29) is 18.4 Å². The van der Waals surface area contributed by atoms with E-state index in [9.17, 15) is 9.59 Å². The highest BCUT2D eigenvalue weighted by Gasteiger charge is 2.25. The lowest BCUT2D eigenvalue weighted by Crippen LogP contribution is -2.45. The molecule has 1 aromatic rings. The Kier molecular flexibility index (Phi) is 5.81. The number of carbonyl (C=O) groups is 2. The van der Waals surface area contributed by atoms with Crippen LogP contribution in [0.15, 0.2) is 15.9 Å². The third kappa shape index (κ3) is 4.30. The zero-order chi connectivity index (χ0) is 15.4. The molecule has 1 saturated heterocycles. The van der Waals surface area contributed by atoms with Crippen molar-refractivity contribution < 1.29 is 9.59 Å². The van der Waals surface area contributed by atoms with Gasteiger partial charge in [0.1, 0.15) is 0 Å². The van der Waals surface area contributed by atoms with Gasteiger partial charge in [0.2, 0.25) is 5.91 Å². The van der Waals surface area contributed by atoms with Crippen LogP contribution in [0.4, 0.5) is 0 Å². The van der Waals surface area contributed by atoms with Crippen molar-refractivity contribution in [2.45, 2.75) is 26.2 Å². The fraction of sp³-hybridized carbons (Fsp3) is 0.600. The van der Waals surface area contributed by atoms with Gasteiger partial charge in [-0.25, -0.2) is 0 Å². The Balaban J connectivity index is 1.91. The Morgan fingerprint density at radius 2 is 2.24 bits per heavy atom. The van der Waals surface area contributed by atoms with Crippen molar-refractivity contribution in [1.82, 2.24) is 9.80 Å². The molecule has 0 N–H and O–H groups in total. The molecular weight excluding hydrogens is 352 g/mol. The first kappa shape index (κ1) is 16.5. The fourth-order valence-electron chi connectivity index (χ4n) is 2.62. The second kappa shape index (κ2) is 7.40. The van der Waals surface area contributed by atoms with E-state index in [0.717, 1.165) is 29.7 Å². The Labute approximate surface area is 138 Å². The molecule has 0 spiro atoms. The number of piperidine rings is 1. The summed E-state index contributed by atoms with van der Waals surface area (Å²) in [6.07, 6.45) is 3.39. The predicted molar refractivity (Wildman–Crippen MR) is 88.6 cm³/mol. The van der Waals surface area contributed by atoms with E-state index >= 15 is 0 Å². The van der Waals surface area contributed by atoms with E-state index < -0.39 is 0 Å². The first-order chi connectivity index (χ1) is 10.0. The van der Waals surface area contributed by atoms with Gasteiger partial charge in [0.25, 0.3) is 5.91 Å². The monoisotopic (exact) mass is 372 g/mol. The molecule has 1 aliphatic heterocycles. The second-order valence-corrected chi connectivity index (χ2v) is 7.98. The summed E-state index contributed by atoms with van der Waals surface area (Å²) in [5.74, 6) is 0.569. The Bertz CT molecular complexity index is 518. The van der Waals surface area contributed by atoms with Crippen LogP contribution in [0.25, 0.3) is 0 Å². The van der Waals surface area contributed by atoms with Gasteiger partial charge in [0.15, 0.2) is 0 Å². The van der Waals surface area contributed by atoms with Crippen molar-refractivity contribution in [3.05, 3.63) is 20.8 Å². The number of hydrogen-bond donors (Lipinski definition) is 0. The third-order valence-electron chi connectivity index (χ3n) is 3.95. The van der Waals surface area contributed by atoms with Crippen molar-refractivity contribution in [1.29, 1.82) is 0 Å². The minimum absolute atomic E-state index is 0.0552. The van der Waals surface area contributed by atoms with Gasteiger partial charge in [-0.3, -0.25) is 9.59 Å². The van der Waals surface area contributed by atoms with Gasteiger partial charge >= 0.3 is 0 Å². The lowest BCUT2D eigenvalue weighted by molar-refractivity contribution is -0.133. The second-order valence-electron chi connectivity index (χ2n) is 5.52. The van der Waals surface area contributed by atoms with Gasteiger partial charge in [0.05, 0.1) is 15.2 Å². The van der Waals surface area contributed by atoms with Gasteiger partial charge < -0.3 is 9.80 Å². The maximum atomic E-state index is 12.3. The van der Waals surface area contributed by atoms with Crippen LogP contribution in [0.2, 0.25) is 0 Å². The Morgan fingerprint density at radius 1 is 1.48 bits per heavy atom. The zero-order valence-corrected chi connectivity index (χ0v) is 14.9. The maximum Gasteiger partial charge on any atom is 0.264 e. The molecule has 6 heteroatoms. The number of carbonyl (C=O) groups excluding carboxylic acids is 2. The highest BCUT2D eigenvalue weighted by atomic mass is 79.9. The van der Waals surface area contributed by atoms with Gasteiger partial charge in [0, 0.05) is 20.1 Å². The summed E-state index contributed by atoms with van der Waals surface area (Å²) in [4.78, 5) is 28.7. The van der Waals surface area contributed by atoms with Crippen molar-refractivity contribution in [3.63, 3.8) is 0 Å². The number of rotatable bonds is 4. The summed E-state index contributed by atoms with van der Waals surface area (Å²) >= 11 is 4.74. The van der Waals surface area contributed by atoms with Crippen LogP contribution in [0, 0.1) is 5.92 Å². The molecule has 2 rings (SSSR count). The summed E-state index contributed by atoms with van der Waals surface area (Å²) in [7, 11) is 1.69. The molecule has 0 aromatic carbocycles. The van der Waals surface area contributed by atoms with E-state index in [2.05, 4.69) is 22.9 Å². The number of nitrogens with zero attached hydrogens (tertiary/aromatic N) is 2. The molecule has 1 atom stereocenters. The van der Waals surface area contributed by atoms with Crippen LogP contribution in [0.1, 0.15) is 35.9 Å². The molecule has 1 fully saturated rings. The topological polar surface area (TPSA) is 40.6 Å². The van der Waals surface area contributed by atoms with E-state index in [0.29, 0.717) is 10.8 Å². The minimum Gasteiger partial charge on any atom is -0.341 e. The molecule has 1 aromatic heterocycles. The van der Waals surface area contributed by atoms with Gasteiger partial charge in [-0.15, -0.1) is 11.3 Å². The molecule has 1 unspecified atom stereocenters. The smallest absolute Gasteiger partial charge is 0.264 e. The SMILES string of the molecule is CCC1CCCN(C(=O)CN(C)C(=O)c2ccc(Br)s2)C1. The van der Waals surface area contributed by atoms with Crippen molar-refractivity contribution in [3.8, 4) is 0 Å². The van der Waals surface area contributed by atoms with Crippen LogP contribution in [0.3, 0.4) is 0 Å². The molecule has 0 bridgehead atoms. The fourth-order valence-corrected chi connectivity index (χ4v) is 4.00. The molecule has 0 radical (unpaired) electrons. The average Bonchev–Trinajstić information content (AvgIpc) is 2.92. The number of likely N-dealkylation sites (N-methyl/N-ethyl adjacent to an activating group) is 1. The summed E-state index contributed by atoms with van der Waals surface area (Å²) < 4.78 is 0.924. The summed E-state index contributed by atoms with van der Waals surface area (Å²) in [5, 5.41) is 0. The number of likely N-dealkylation sites (tertiary alicyclic amines) is 1. The van der Waals surface area contributed by atoms with Gasteiger partial charge in [-0.2, -0.15) is 0 Å². The highest BCUT2D eigenvalue weighted by molar-refractivity contribution is 9.11. The van der Waals surface area contributed by atoms with Gasteiger partial charge in [-0.05, 0) is 46.8 Å². The molecule has 21 heavy (non-hydrogen) atoms. The van der Waals surface area contributed by atoms with E-state index in [1.807, 2.05) is 11.0 Å².